The first-order valence-corrected chi connectivity index (χ1v) is 10.2. The third-order valence-electron chi connectivity index (χ3n) is 4.10. The molecule has 0 heterocycles. The molecule has 6 heteroatoms. The fourth-order valence-electron chi connectivity index (χ4n) is 2.58. The van der Waals surface area contributed by atoms with Crippen LogP contribution >= 0.6 is 0 Å². The summed E-state index contributed by atoms with van der Waals surface area (Å²) in [4.78, 5) is 12.2. The van der Waals surface area contributed by atoms with Gasteiger partial charge in [-0.3, -0.25) is 4.79 Å². The molecular weight excluding hydrogens is 348 g/mol. The lowest BCUT2D eigenvalue weighted by Crippen LogP contribution is -2.25. The van der Waals surface area contributed by atoms with Crippen LogP contribution in [0.3, 0.4) is 0 Å². The first-order chi connectivity index (χ1) is 12.0. The summed E-state index contributed by atoms with van der Waals surface area (Å²) >= 11 is 0. The van der Waals surface area contributed by atoms with Crippen molar-refractivity contribution < 1.29 is 13.2 Å². The number of carbonyl (C=O) groups excluding carboxylic acids is 1. The fraction of sp³-hybridized carbons (Fsp3) is 0.350. The zero-order valence-electron chi connectivity index (χ0n) is 15.5. The van der Waals surface area contributed by atoms with Crippen molar-refractivity contribution in [2.24, 2.45) is 5.14 Å². The van der Waals surface area contributed by atoms with E-state index in [1.165, 1.54) is 11.1 Å². The highest BCUT2D eigenvalue weighted by molar-refractivity contribution is 7.88. The van der Waals surface area contributed by atoms with Crippen molar-refractivity contribution in [1.29, 1.82) is 0 Å². The van der Waals surface area contributed by atoms with Crippen LogP contribution in [-0.2, 0) is 27.6 Å². The Morgan fingerprint density at radius 1 is 0.962 bits per heavy atom. The van der Waals surface area contributed by atoms with Crippen LogP contribution in [-0.4, -0.2) is 20.9 Å². The Morgan fingerprint density at radius 3 is 2.00 bits per heavy atom. The molecule has 0 aliphatic heterocycles. The number of rotatable bonds is 6. The lowest BCUT2D eigenvalue weighted by atomic mass is 9.86. The van der Waals surface area contributed by atoms with Gasteiger partial charge in [0.1, 0.15) is 0 Å². The van der Waals surface area contributed by atoms with Gasteiger partial charge in [0.15, 0.2) is 0 Å². The van der Waals surface area contributed by atoms with Crippen LogP contribution in [0.2, 0.25) is 0 Å². The van der Waals surface area contributed by atoms with Gasteiger partial charge in [-0.05, 0) is 40.7 Å². The van der Waals surface area contributed by atoms with Gasteiger partial charge in [-0.25, -0.2) is 13.6 Å². The summed E-state index contributed by atoms with van der Waals surface area (Å²) in [6, 6.07) is 14.9. The number of hydrogen-bond donors (Lipinski definition) is 2. The zero-order valence-corrected chi connectivity index (χ0v) is 16.3. The Bertz CT molecular complexity index is 849. The molecule has 0 bridgehead atoms. The van der Waals surface area contributed by atoms with Crippen LogP contribution in [0.5, 0.6) is 0 Å². The average molecular weight is 375 g/mol. The number of sulfonamides is 1. The van der Waals surface area contributed by atoms with Gasteiger partial charge in [0.25, 0.3) is 5.91 Å². The second-order valence-corrected chi connectivity index (χ2v) is 9.07. The van der Waals surface area contributed by atoms with Crippen molar-refractivity contribution in [3.63, 3.8) is 0 Å². The van der Waals surface area contributed by atoms with Gasteiger partial charge in [0.2, 0.25) is 10.0 Å². The number of carbonyl (C=O) groups is 1. The molecule has 0 saturated heterocycles. The first kappa shape index (κ1) is 20.1. The summed E-state index contributed by atoms with van der Waals surface area (Å²) in [5.74, 6) is -0.419. The monoisotopic (exact) mass is 374 g/mol. The molecule has 2 aromatic carbocycles. The number of hydrogen-bond acceptors (Lipinski definition) is 3. The Kier molecular flexibility index (Phi) is 6.21. The lowest BCUT2D eigenvalue weighted by molar-refractivity contribution is 0.0954. The van der Waals surface area contributed by atoms with Gasteiger partial charge in [-0.15, -0.1) is 0 Å². The molecule has 2 aromatic rings. The predicted molar refractivity (Wildman–Crippen MR) is 104 cm³/mol. The third-order valence-corrected chi connectivity index (χ3v) is 4.84. The van der Waals surface area contributed by atoms with E-state index in [1.807, 2.05) is 0 Å². The minimum absolute atomic E-state index is 0.127. The normalized spacial score (nSPS) is 12.0. The second kappa shape index (κ2) is 8.01. The van der Waals surface area contributed by atoms with Crippen molar-refractivity contribution in [2.45, 2.75) is 38.4 Å². The van der Waals surface area contributed by atoms with E-state index in [0.717, 1.165) is 6.42 Å². The van der Waals surface area contributed by atoms with Crippen LogP contribution in [0, 0.1) is 0 Å². The van der Waals surface area contributed by atoms with E-state index >= 15 is 0 Å². The van der Waals surface area contributed by atoms with Crippen LogP contribution in [0.25, 0.3) is 0 Å². The van der Waals surface area contributed by atoms with E-state index in [9.17, 15) is 13.2 Å². The van der Waals surface area contributed by atoms with E-state index < -0.39 is 10.0 Å². The van der Waals surface area contributed by atoms with Gasteiger partial charge >= 0.3 is 0 Å². The fourth-order valence-corrected chi connectivity index (χ4v) is 3.24. The number of primary sulfonamides is 1. The highest BCUT2D eigenvalue weighted by Crippen LogP contribution is 2.22. The predicted octanol–water partition coefficient (Wildman–Crippen LogP) is 2.75. The topological polar surface area (TPSA) is 89.3 Å². The minimum atomic E-state index is -3.57. The molecule has 0 fully saturated rings. The third kappa shape index (κ3) is 6.28. The van der Waals surface area contributed by atoms with Crippen molar-refractivity contribution in [1.82, 2.24) is 5.32 Å². The smallest absolute Gasteiger partial charge is 0.251 e. The van der Waals surface area contributed by atoms with E-state index in [-0.39, 0.29) is 17.1 Å². The molecule has 0 unspecified atom stereocenters. The SMILES string of the molecule is CC(C)(C)c1ccc(CCNC(=O)c2ccc(CS(N)(=O)=O)cc2)cc1. The highest BCUT2D eigenvalue weighted by atomic mass is 32.2. The lowest BCUT2D eigenvalue weighted by Gasteiger charge is -2.19. The molecule has 140 valence electrons. The van der Waals surface area contributed by atoms with E-state index in [2.05, 4.69) is 50.4 Å². The molecule has 0 saturated carbocycles. The Morgan fingerprint density at radius 2 is 1.50 bits per heavy atom. The molecule has 0 radical (unpaired) electrons. The molecule has 0 aliphatic rings. The molecule has 3 N–H and O–H groups in total. The molecule has 0 aliphatic carbocycles. The molecule has 0 aromatic heterocycles. The molecule has 0 atom stereocenters. The van der Waals surface area contributed by atoms with Gasteiger partial charge in [-0.1, -0.05) is 57.2 Å². The summed E-state index contributed by atoms with van der Waals surface area (Å²) in [5, 5.41) is 7.89. The highest BCUT2D eigenvalue weighted by Gasteiger charge is 2.13. The van der Waals surface area contributed by atoms with E-state index in [1.54, 1.807) is 24.3 Å². The number of nitrogens with two attached hydrogens (primary N) is 1. The van der Waals surface area contributed by atoms with E-state index in [4.69, 9.17) is 5.14 Å². The van der Waals surface area contributed by atoms with Crippen LogP contribution < -0.4 is 10.5 Å². The summed E-state index contributed by atoms with van der Waals surface area (Å²) < 4.78 is 22.1. The number of amides is 1. The van der Waals surface area contributed by atoms with E-state index in [0.29, 0.717) is 17.7 Å². The van der Waals surface area contributed by atoms with Crippen molar-refractivity contribution in [3.8, 4) is 0 Å². The maximum atomic E-state index is 12.2. The van der Waals surface area contributed by atoms with Crippen molar-refractivity contribution in [2.75, 3.05) is 6.54 Å². The Balaban J connectivity index is 1.87. The number of nitrogens with one attached hydrogen (secondary N) is 1. The maximum Gasteiger partial charge on any atom is 0.251 e. The first-order valence-electron chi connectivity index (χ1n) is 8.52. The maximum absolute atomic E-state index is 12.2. The Labute approximate surface area is 155 Å². The number of benzene rings is 2. The summed E-state index contributed by atoms with van der Waals surface area (Å²) in [7, 11) is -3.57. The summed E-state index contributed by atoms with van der Waals surface area (Å²) in [6.45, 7) is 7.07. The molecule has 5 nitrogen and oxygen atoms in total. The average Bonchev–Trinajstić information content (AvgIpc) is 2.53. The molecular formula is C20H26N2O3S. The molecule has 2 rings (SSSR count). The molecule has 0 spiro atoms. The van der Waals surface area contributed by atoms with Gasteiger partial charge < -0.3 is 5.32 Å². The van der Waals surface area contributed by atoms with Crippen molar-refractivity contribution >= 4 is 15.9 Å². The van der Waals surface area contributed by atoms with Crippen LogP contribution in [0.1, 0.15) is 47.8 Å². The van der Waals surface area contributed by atoms with Crippen LogP contribution in [0.15, 0.2) is 48.5 Å². The zero-order chi connectivity index (χ0) is 19.4. The summed E-state index contributed by atoms with van der Waals surface area (Å²) in [5.41, 5.74) is 3.63. The minimum Gasteiger partial charge on any atom is -0.352 e. The van der Waals surface area contributed by atoms with Gasteiger partial charge in [0, 0.05) is 12.1 Å². The quantitative estimate of drug-likeness (QED) is 0.815. The standard InChI is InChI=1S/C20H26N2O3S/c1-20(2,3)18-10-6-15(7-11-18)12-13-22-19(23)17-8-4-16(5-9-17)14-26(21,24)25/h4-11H,12-14H2,1-3H3,(H,22,23)(H2,21,24,25). The largest absolute Gasteiger partial charge is 0.352 e. The van der Waals surface area contributed by atoms with Gasteiger partial charge in [0.05, 0.1) is 5.75 Å². The van der Waals surface area contributed by atoms with Crippen molar-refractivity contribution in [3.05, 3.63) is 70.8 Å². The molecule has 26 heavy (non-hydrogen) atoms. The summed E-state index contributed by atoms with van der Waals surface area (Å²) in [6.07, 6.45) is 0.750. The second-order valence-electron chi connectivity index (χ2n) is 7.46. The van der Waals surface area contributed by atoms with Gasteiger partial charge in [-0.2, -0.15) is 0 Å². The Hall–Kier alpha value is -2.18. The van der Waals surface area contributed by atoms with Crippen LogP contribution in [0.4, 0.5) is 0 Å². The molecule has 1 amide bonds.